The summed E-state index contributed by atoms with van der Waals surface area (Å²) in [5.41, 5.74) is 6.84. The van der Waals surface area contributed by atoms with Crippen LogP contribution in [0.15, 0.2) is 18.2 Å². The van der Waals surface area contributed by atoms with Crippen LogP contribution in [0.4, 0.5) is 0 Å². The Morgan fingerprint density at radius 1 is 1.29 bits per heavy atom. The Labute approximate surface area is 101 Å². The zero-order valence-corrected chi connectivity index (χ0v) is 10.3. The maximum absolute atomic E-state index is 5.87. The second-order valence-corrected chi connectivity index (χ2v) is 4.08. The highest BCUT2D eigenvalue weighted by molar-refractivity contribution is 6.42. The Kier molecular flexibility index (Phi) is 6.54. The molecular weight excluding hydrogens is 240 g/mol. The maximum atomic E-state index is 5.87. The number of benzene rings is 1. The molecule has 0 fully saturated rings. The molecule has 0 saturated heterocycles. The Morgan fingerprint density at radius 2 is 1.93 bits per heavy atom. The molecule has 0 heterocycles. The van der Waals surface area contributed by atoms with Crippen molar-refractivity contribution in [3.8, 4) is 0 Å². The van der Waals surface area contributed by atoms with Crippen molar-refractivity contribution in [3.63, 3.8) is 0 Å². The molecule has 0 saturated carbocycles. The molecule has 2 N–H and O–H groups in total. The van der Waals surface area contributed by atoms with Crippen molar-refractivity contribution in [3.05, 3.63) is 33.8 Å². The predicted molar refractivity (Wildman–Crippen MR) is 65.7 cm³/mol. The predicted octanol–water partition coefficient (Wildman–Crippen LogP) is 3.70. The number of aryl methyl sites for hydroxylation is 1. The Balaban J connectivity index is 0.00000169. The molecule has 1 aromatic rings. The average Bonchev–Trinajstić information content (AvgIpc) is 2.07. The summed E-state index contributed by atoms with van der Waals surface area (Å²) < 4.78 is 0. The average molecular weight is 255 g/mol. The molecule has 4 heteroatoms. The van der Waals surface area contributed by atoms with E-state index in [4.69, 9.17) is 28.9 Å². The fourth-order valence-corrected chi connectivity index (χ4v) is 1.41. The van der Waals surface area contributed by atoms with Crippen LogP contribution in [0.2, 0.25) is 10.0 Å². The van der Waals surface area contributed by atoms with E-state index in [1.54, 1.807) is 0 Å². The summed E-state index contributed by atoms with van der Waals surface area (Å²) in [5.74, 6) is 0. The molecule has 0 aliphatic rings. The zero-order valence-electron chi connectivity index (χ0n) is 7.97. The Hall–Kier alpha value is 0.0500. The molecule has 0 bridgehead atoms. The SMILES string of the molecule is CC(N)CCc1ccc(Cl)c(Cl)c1.Cl. The molecular formula is C10H14Cl3N. The van der Waals surface area contributed by atoms with E-state index in [-0.39, 0.29) is 18.4 Å². The number of hydrogen-bond acceptors (Lipinski definition) is 1. The van der Waals surface area contributed by atoms with Gasteiger partial charge in [0.15, 0.2) is 0 Å². The fraction of sp³-hybridized carbons (Fsp3) is 0.400. The van der Waals surface area contributed by atoms with Gasteiger partial charge in [-0.2, -0.15) is 0 Å². The third kappa shape index (κ3) is 4.52. The summed E-state index contributed by atoms with van der Waals surface area (Å²) in [6, 6.07) is 5.93. The number of hydrogen-bond donors (Lipinski definition) is 1. The first-order valence-corrected chi connectivity index (χ1v) is 5.04. The zero-order chi connectivity index (χ0) is 9.84. The van der Waals surface area contributed by atoms with E-state index in [1.807, 2.05) is 25.1 Å². The van der Waals surface area contributed by atoms with Crippen molar-refractivity contribution >= 4 is 35.6 Å². The highest BCUT2D eigenvalue weighted by Gasteiger charge is 2.00. The fourth-order valence-electron chi connectivity index (χ4n) is 1.09. The van der Waals surface area contributed by atoms with Gasteiger partial charge >= 0.3 is 0 Å². The lowest BCUT2D eigenvalue weighted by Crippen LogP contribution is -2.15. The third-order valence-corrected chi connectivity index (χ3v) is 2.61. The molecule has 1 atom stereocenters. The molecule has 0 aromatic heterocycles. The maximum Gasteiger partial charge on any atom is 0.0595 e. The van der Waals surface area contributed by atoms with Gasteiger partial charge in [0.05, 0.1) is 10.0 Å². The van der Waals surface area contributed by atoms with Crippen LogP contribution >= 0.6 is 35.6 Å². The molecule has 1 aromatic carbocycles. The normalized spacial score (nSPS) is 12.0. The second kappa shape index (κ2) is 6.52. The van der Waals surface area contributed by atoms with Crippen LogP contribution in [-0.2, 0) is 6.42 Å². The first-order chi connectivity index (χ1) is 6.09. The summed E-state index contributed by atoms with van der Waals surface area (Å²) in [7, 11) is 0. The number of rotatable bonds is 3. The summed E-state index contributed by atoms with van der Waals surface area (Å²) in [5, 5.41) is 1.22. The monoisotopic (exact) mass is 253 g/mol. The molecule has 80 valence electrons. The van der Waals surface area contributed by atoms with Gasteiger partial charge < -0.3 is 5.73 Å². The van der Waals surface area contributed by atoms with Crippen LogP contribution in [0, 0.1) is 0 Å². The highest BCUT2D eigenvalue weighted by Crippen LogP contribution is 2.23. The van der Waals surface area contributed by atoms with Crippen molar-refractivity contribution in [2.75, 3.05) is 0 Å². The first kappa shape index (κ1) is 14.1. The summed E-state index contributed by atoms with van der Waals surface area (Å²) in [4.78, 5) is 0. The molecule has 1 unspecified atom stereocenters. The summed E-state index contributed by atoms with van der Waals surface area (Å²) in [6.07, 6.45) is 1.92. The van der Waals surface area contributed by atoms with Crippen molar-refractivity contribution < 1.29 is 0 Å². The van der Waals surface area contributed by atoms with Crippen LogP contribution < -0.4 is 5.73 Å². The van der Waals surface area contributed by atoms with E-state index >= 15 is 0 Å². The minimum atomic E-state index is 0. The van der Waals surface area contributed by atoms with Gasteiger partial charge in [-0.3, -0.25) is 0 Å². The van der Waals surface area contributed by atoms with Crippen molar-refractivity contribution in [2.45, 2.75) is 25.8 Å². The molecule has 1 nitrogen and oxygen atoms in total. The minimum Gasteiger partial charge on any atom is -0.328 e. The first-order valence-electron chi connectivity index (χ1n) is 4.29. The van der Waals surface area contributed by atoms with Crippen LogP contribution in [0.3, 0.4) is 0 Å². The second-order valence-electron chi connectivity index (χ2n) is 3.26. The molecule has 1 rings (SSSR count). The van der Waals surface area contributed by atoms with Gasteiger partial charge in [0.2, 0.25) is 0 Å². The smallest absolute Gasteiger partial charge is 0.0595 e. The van der Waals surface area contributed by atoms with Crippen molar-refractivity contribution in [1.29, 1.82) is 0 Å². The van der Waals surface area contributed by atoms with E-state index in [0.717, 1.165) is 12.8 Å². The summed E-state index contributed by atoms with van der Waals surface area (Å²) >= 11 is 11.7. The molecule has 0 amide bonds. The van der Waals surface area contributed by atoms with Gasteiger partial charge in [0.1, 0.15) is 0 Å². The van der Waals surface area contributed by atoms with Gasteiger partial charge in [0.25, 0.3) is 0 Å². The Bertz CT molecular complexity index is 287. The van der Waals surface area contributed by atoms with Gasteiger partial charge in [-0.15, -0.1) is 12.4 Å². The molecule has 0 radical (unpaired) electrons. The van der Waals surface area contributed by atoms with Crippen LogP contribution in [0.1, 0.15) is 18.9 Å². The van der Waals surface area contributed by atoms with Gasteiger partial charge in [-0.05, 0) is 37.5 Å². The number of halogens is 3. The largest absolute Gasteiger partial charge is 0.328 e. The van der Waals surface area contributed by atoms with E-state index in [9.17, 15) is 0 Å². The van der Waals surface area contributed by atoms with Gasteiger partial charge in [-0.1, -0.05) is 29.3 Å². The van der Waals surface area contributed by atoms with Gasteiger partial charge in [-0.25, -0.2) is 0 Å². The van der Waals surface area contributed by atoms with E-state index < -0.39 is 0 Å². The van der Waals surface area contributed by atoms with Crippen molar-refractivity contribution in [2.24, 2.45) is 5.73 Å². The van der Waals surface area contributed by atoms with E-state index in [0.29, 0.717) is 10.0 Å². The lowest BCUT2D eigenvalue weighted by molar-refractivity contribution is 0.666. The van der Waals surface area contributed by atoms with E-state index in [1.165, 1.54) is 5.56 Å². The van der Waals surface area contributed by atoms with Crippen LogP contribution in [0.5, 0.6) is 0 Å². The minimum absolute atomic E-state index is 0. The quantitative estimate of drug-likeness (QED) is 0.875. The standard InChI is InChI=1S/C10H13Cl2N.ClH/c1-7(13)2-3-8-4-5-9(11)10(12)6-8;/h4-7H,2-3,13H2,1H3;1H. The van der Waals surface area contributed by atoms with Crippen LogP contribution in [0.25, 0.3) is 0 Å². The topological polar surface area (TPSA) is 26.0 Å². The lowest BCUT2D eigenvalue weighted by atomic mass is 10.1. The number of nitrogens with two attached hydrogens (primary N) is 1. The lowest BCUT2D eigenvalue weighted by Gasteiger charge is -2.05. The third-order valence-electron chi connectivity index (χ3n) is 1.87. The molecule has 0 aliphatic heterocycles. The van der Waals surface area contributed by atoms with Gasteiger partial charge in [0, 0.05) is 6.04 Å². The molecule has 0 spiro atoms. The van der Waals surface area contributed by atoms with E-state index in [2.05, 4.69) is 0 Å². The molecule has 14 heavy (non-hydrogen) atoms. The Morgan fingerprint density at radius 3 is 2.43 bits per heavy atom. The highest BCUT2D eigenvalue weighted by atomic mass is 35.5. The summed E-state index contributed by atoms with van der Waals surface area (Å²) in [6.45, 7) is 2.00. The molecule has 0 aliphatic carbocycles. The van der Waals surface area contributed by atoms with Crippen molar-refractivity contribution in [1.82, 2.24) is 0 Å². The van der Waals surface area contributed by atoms with Crippen LogP contribution in [-0.4, -0.2) is 6.04 Å².